The number of aromatic nitrogens is 3. The van der Waals surface area contributed by atoms with Gasteiger partial charge in [-0.3, -0.25) is 4.98 Å². The number of nitrogens with one attached hydrogen (secondary N) is 1. The molecule has 4 heteroatoms. The summed E-state index contributed by atoms with van der Waals surface area (Å²) < 4.78 is 1.96. The lowest BCUT2D eigenvalue weighted by Crippen LogP contribution is -2.07. The number of aryl methyl sites for hydroxylation is 1. The molecule has 0 aromatic carbocycles. The van der Waals surface area contributed by atoms with Gasteiger partial charge in [0.25, 0.3) is 0 Å². The lowest BCUT2D eigenvalue weighted by atomic mass is 10.2. The predicted molar refractivity (Wildman–Crippen MR) is 63.6 cm³/mol. The van der Waals surface area contributed by atoms with E-state index in [-0.39, 0.29) is 0 Å². The van der Waals surface area contributed by atoms with Crippen LogP contribution in [0, 0.1) is 13.8 Å². The summed E-state index contributed by atoms with van der Waals surface area (Å²) in [5.41, 5.74) is 4.57. The third kappa shape index (κ3) is 1.84. The van der Waals surface area contributed by atoms with Gasteiger partial charge in [-0.2, -0.15) is 5.10 Å². The van der Waals surface area contributed by atoms with Crippen LogP contribution in [-0.2, 0) is 6.54 Å². The van der Waals surface area contributed by atoms with E-state index in [9.17, 15) is 0 Å². The second kappa shape index (κ2) is 4.45. The summed E-state index contributed by atoms with van der Waals surface area (Å²) in [4.78, 5) is 4.01. The first kappa shape index (κ1) is 10.8. The molecule has 0 aliphatic rings. The molecular weight excluding hydrogens is 200 g/mol. The van der Waals surface area contributed by atoms with Gasteiger partial charge in [-0.1, -0.05) is 0 Å². The molecular formula is C12H16N4. The minimum absolute atomic E-state index is 0.850. The molecule has 0 saturated carbocycles. The van der Waals surface area contributed by atoms with Crippen LogP contribution in [0.2, 0.25) is 0 Å². The van der Waals surface area contributed by atoms with Crippen LogP contribution in [0.1, 0.15) is 17.0 Å². The summed E-state index contributed by atoms with van der Waals surface area (Å²) in [6.07, 6.45) is 3.56. The summed E-state index contributed by atoms with van der Waals surface area (Å²) in [5.74, 6) is 0. The summed E-state index contributed by atoms with van der Waals surface area (Å²) in [7, 11) is 1.95. The standard InChI is InChI=1S/C12H16N4/c1-9-12(8-13-3)10(2)16(15-9)11-4-6-14-7-5-11/h4-7,13H,8H2,1-3H3. The molecule has 2 aromatic heterocycles. The van der Waals surface area contributed by atoms with Crippen molar-refractivity contribution in [2.75, 3.05) is 7.05 Å². The van der Waals surface area contributed by atoms with Crippen LogP contribution in [-0.4, -0.2) is 21.8 Å². The summed E-state index contributed by atoms with van der Waals surface area (Å²) in [5, 5.41) is 7.71. The molecule has 0 bridgehead atoms. The van der Waals surface area contributed by atoms with Crippen molar-refractivity contribution in [1.29, 1.82) is 0 Å². The highest BCUT2D eigenvalue weighted by Crippen LogP contribution is 2.16. The van der Waals surface area contributed by atoms with Gasteiger partial charge in [0.2, 0.25) is 0 Å². The van der Waals surface area contributed by atoms with Crippen LogP contribution in [0.3, 0.4) is 0 Å². The highest BCUT2D eigenvalue weighted by molar-refractivity contribution is 5.35. The minimum Gasteiger partial charge on any atom is -0.316 e. The van der Waals surface area contributed by atoms with Crippen molar-refractivity contribution in [1.82, 2.24) is 20.1 Å². The second-order valence-electron chi connectivity index (χ2n) is 3.80. The van der Waals surface area contributed by atoms with Gasteiger partial charge in [-0.05, 0) is 33.0 Å². The van der Waals surface area contributed by atoms with E-state index in [0.29, 0.717) is 0 Å². The summed E-state index contributed by atoms with van der Waals surface area (Å²) in [6.45, 7) is 4.98. The first-order chi connectivity index (χ1) is 7.74. The number of pyridine rings is 1. The van der Waals surface area contributed by atoms with Crippen molar-refractivity contribution < 1.29 is 0 Å². The Kier molecular flexibility index (Phi) is 3.01. The Bertz CT molecular complexity index is 473. The molecule has 16 heavy (non-hydrogen) atoms. The molecule has 84 valence electrons. The normalized spacial score (nSPS) is 10.7. The van der Waals surface area contributed by atoms with Crippen molar-refractivity contribution in [3.05, 3.63) is 41.5 Å². The van der Waals surface area contributed by atoms with E-state index >= 15 is 0 Å². The Morgan fingerprint density at radius 2 is 1.94 bits per heavy atom. The topological polar surface area (TPSA) is 42.7 Å². The Morgan fingerprint density at radius 3 is 2.56 bits per heavy atom. The van der Waals surface area contributed by atoms with Crippen LogP contribution >= 0.6 is 0 Å². The fourth-order valence-corrected chi connectivity index (χ4v) is 1.84. The number of rotatable bonds is 3. The number of hydrogen-bond acceptors (Lipinski definition) is 3. The Balaban J connectivity index is 2.47. The van der Waals surface area contributed by atoms with Crippen molar-refractivity contribution in [3.8, 4) is 5.69 Å². The highest BCUT2D eigenvalue weighted by Gasteiger charge is 2.11. The first-order valence-electron chi connectivity index (χ1n) is 5.34. The second-order valence-corrected chi connectivity index (χ2v) is 3.80. The molecule has 0 aliphatic carbocycles. The van der Waals surface area contributed by atoms with E-state index in [0.717, 1.165) is 17.9 Å². The van der Waals surface area contributed by atoms with Crippen LogP contribution < -0.4 is 5.32 Å². The van der Waals surface area contributed by atoms with E-state index in [1.807, 2.05) is 30.8 Å². The van der Waals surface area contributed by atoms with Crippen LogP contribution in [0.4, 0.5) is 0 Å². The third-order valence-electron chi connectivity index (χ3n) is 2.70. The molecule has 0 unspecified atom stereocenters. The zero-order valence-corrected chi connectivity index (χ0v) is 9.86. The zero-order valence-electron chi connectivity index (χ0n) is 9.86. The van der Waals surface area contributed by atoms with Crippen molar-refractivity contribution >= 4 is 0 Å². The average Bonchev–Trinajstić information content (AvgIpc) is 2.59. The molecule has 0 fully saturated rings. The van der Waals surface area contributed by atoms with Gasteiger partial charge in [0.05, 0.1) is 11.4 Å². The monoisotopic (exact) mass is 216 g/mol. The van der Waals surface area contributed by atoms with Crippen LogP contribution in [0.15, 0.2) is 24.5 Å². The van der Waals surface area contributed by atoms with E-state index < -0.39 is 0 Å². The largest absolute Gasteiger partial charge is 0.316 e. The smallest absolute Gasteiger partial charge is 0.0679 e. The Hall–Kier alpha value is -1.68. The van der Waals surface area contributed by atoms with Gasteiger partial charge in [-0.25, -0.2) is 4.68 Å². The number of nitrogens with zero attached hydrogens (tertiary/aromatic N) is 3. The first-order valence-corrected chi connectivity index (χ1v) is 5.34. The molecule has 0 radical (unpaired) electrons. The van der Waals surface area contributed by atoms with Crippen LogP contribution in [0.25, 0.3) is 5.69 Å². The maximum Gasteiger partial charge on any atom is 0.0679 e. The molecule has 2 heterocycles. The quantitative estimate of drug-likeness (QED) is 0.847. The van der Waals surface area contributed by atoms with Gasteiger partial charge < -0.3 is 5.32 Å². The molecule has 0 aliphatic heterocycles. The molecule has 4 nitrogen and oxygen atoms in total. The maximum absolute atomic E-state index is 4.55. The van der Waals surface area contributed by atoms with Crippen molar-refractivity contribution in [3.63, 3.8) is 0 Å². The third-order valence-corrected chi connectivity index (χ3v) is 2.70. The molecule has 0 amide bonds. The van der Waals surface area contributed by atoms with E-state index in [1.165, 1.54) is 11.3 Å². The molecule has 0 saturated heterocycles. The SMILES string of the molecule is CNCc1c(C)nn(-c2ccncc2)c1C. The molecule has 1 N–H and O–H groups in total. The summed E-state index contributed by atoms with van der Waals surface area (Å²) >= 11 is 0. The van der Waals surface area contributed by atoms with Crippen LogP contribution in [0.5, 0.6) is 0 Å². The molecule has 2 rings (SSSR count). The van der Waals surface area contributed by atoms with Gasteiger partial charge in [0.1, 0.15) is 0 Å². The molecule has 0 spiro atoms. The lowest BCUT2D eigenvalue weighted by Gasteiger charge is -2.04. The van der Waals surface area contributed by atoms with Gasteiger partial charge >= 0.3 is 0 Å². The van der Waals surface area contributed by atoms with E-state index in [4.69, 9.17) is 0 Å². The average molecular weight is 216 g/mol. The van der Waals surface area contributed by atoms with E-state index in [2.05, 4.69) is 22.3 Å². The fraction of sp³-hybridized carbons (Fsp3) is 0.333. The van der Waals surface area contributed by atoms with Crippen molar-refractivity contribution in [2.24, 2.45) is 0 Å². The molecule has 2 aromatic rings. The molecule has 0 atom stereocenters. The fourth-order valence-electron chi connectivity index (χ4n) is 1.84. The Morgan fingerprint density at radius 1 is 1.25 bits per heavy atom. The van der Waals surface area contributed by atoms with Crippen molar-refractivity contribution in [2.45, 2.75) is 20.4 Å². The predicted octanol–water partition coefficient (Wildman–Crippen LogP) is 1.60. The zero-order chi connectivity index (χ0) is 11.5. The Labute approximate surface area is 95.3 Å². The summed E-state index contributed by atoms with van der Waals surface area (Å²) in [6, 6.07) is 3.92. The lowest BCUT2D eigenvalue weighted by molar-refractivity contribution is 0.800. The highest BCUT2D eigenvalue weighted by atomic mass is 15.3. The number of hydrogen-bond donors (Lipinski definition) is 1. The van der Waals surface area contributed by atoms with Gasteiger partial charge in [0.15, 0.2) is 0 Å². The van der Waals surface area contributed by atoms with Gasteiger partial charge in [0, 0.05) is 30.2 Å². The van der Waals surface area contributed by atoms with Gasteiger partial charge in [-0.15, -0.1) is 0 Å². The van der Waals surface area contributed by atoms with E-state index in [1.54, 1.807) is 12.4 Å². The maximum atomic E-state index is 4.55. The minimum atomic E-state index is 0.850.